The highest BCUT2D eigenvalue weighted by Crippen LogP contribution is 2.32. The third-order valence-electron chi connectivity index (χ3n) is 14.2. The Morgan fingerprint density at radius 2 is 1.45 bits per heavy atom. The fraction of sp³-hybridized carbons (Fsp3) is 0.435. The number of nitrogens with zero attached hydrogens (tertiary/aromatic N) is 1. The van der Waals surface area contributed by atoms with E-state index in [1.165, 1.54) is 54.1 Å². The summed E-state index contributed by atoms with van der Waals surface area (Å²) in [4.78, 5) is 145. The number of phenolic OH excluding ortho intramolecular Hbond substituents is 1. The van der Waals surface area contributed by atoms with Gasteiger partial charge in [-0.15, -0.1) is 0 Å². The summed E-state index contributed by atoms with van der Waals surface area (Å²) in [6, 6.07) is 14.4. The van der Waals surface area contributed by atoms with Gasteiger partial charge in [0.1, 0.15) is 52.6 Å². The molecule has 2 heterocycles. The molecule has 1 aliphatic heterocycles. The number of nitrogens with one attached hydrogen (secondary N) is 8. The number of aromatic hydroxyl groups is 1. The molecule has 92 heavy (non-hydrogen) atoms. The number of aliphatic hydroxyl groups is 1. The summed E-state index contributed by atoms with van der Waals surface area (Å²) in [5, 5.41) is 42.0. The monoisotopic (exact) mass is 1350 g/mol. The molecule has 9 amide bonds. The van der Waals surface area contributed by atoms with Crippen molar-refractivity contribution in [2.24, 2.45) is 11.7 Å². The Morgan fingerprint density at radius 1 is 0.772 bits per heavy atom. The number of nitrogens with two attached hydrogens (primary N) is 1. The van der Waals surface area contributed by atoms with Crippen molar-refractivity contribution in [2.45, 2.75) is 144 Å². The molecule has 2 aliphatic rings. The maximum absolute atomic E-state index is 15.1. The maximum Gasteiger partial charge on any atom is 0.471 e. The van der Waals surface area contributed by atoms with Crippen LogP contribution in [0.25, 0.3) is 5.57 Å². The fourth-order valence-corrected chi connectivity index (χ4v) is 13.9. The smallest absolute Gasteiger partial charge is 0.471 e. The zero-order valence-electron chi connectivity index (χ0n) is 50.8. The molecule has 3 aromatic carbocycles. The van der Waals surface area contributed by atoms with E-state index in [2.05, 4.69) is 42.2 Å². The van der Waals surface area contributed by atoms with Crippen LogP contribution in [0.2, 0.25) is 0 Å². The van der Waals surface area contributed by atoms with Crippen LogP contribution in [0.4, 0.5) is 18.0 Å². The van der Waals surface area contributed by atoms with Crippen molar-refractivity contribution in [3.8, 4) is 5.75 Å². The Hall–Kier alpha value is -7.80. The van der Waals surface area contributed by atoms with E-state index < -0.39 is 150 Å². The number of hydrogen-bond acceptors (Lipinski definition) is 18. The number of allylic oxidation sites excluding steroid dienone is 1. The van der Waals surface area contributed by atoms with Gasteiger partial charge in [-0.2, -0.15) is 13.2 Å². The number of fused-ring (bicyclic) bond motifs is 1. The molecule has 0 radical (unpaired) electrons. The normalized spacial score (nSPS) is 20.6. The Morgan fingerprint density at radius 3 is 2.12 bits per heavy atom. The predicted molar refractivity (Wildman–Crippen MR) is 344 cm³/mol. The number of pyridine rings is 1. The molecule has 6 rings (SSSR count). The second-order valence-corrected chi connectivity index (χ2v) is 27.6. The summed E-state index contributed by atoms with van der Waals surface area (Å²) in [6.07, 6.45) is -5.34. The average molecular weight is 1350 g/mol. The van der Waals surface area contributed by atoms with Crippen molar-refractivity contribution in [3.05, 3.63) is 132 Å². The molecule has 0 saturated carbocycles. The quantitative estimate of drug-likeness (QED) is 0.0380. The van der Waals surface area contributed by atoms with Gasteiger partial charge < -0.3 is 63.2 Å². The molecule has 12 N–H and O–H groups in total. The Balaban J connectivity index is 1.42. The number of carbonyl (C=O) groups excluding carboxylic acids is 10. The molecular formula is C62H75F3N10O13S4. The molecule has 4 aromatic rings. The summed E-state index contributed by atoms with van der Waals surface area (Å²) < 4.78 is 46.9. The number of rotatable bonds is 22. The van der Waals surface area contributed by atoms with E-state index in [1.807, 2.05) is 24.3 Å². The lowest BCUT2D eigenvalue weighted by atomic mass is 9.90. The molecule has 0 bridgehead atoms. The number of alkyl halides is 3. The van der Waals surface area contributed by atoms with Gasteiger partial charge in [0, 0.05) is 55.2 Å². The van der Waals surface area contributed by atoms with Gasteiger partial charge in [0.05, 0.1) is 12.1 Å². The number of primary amides is 1. The number of benzene rings is 3. The van der Waals surface area contributed by atoms with Gasteiger partial charge in [0.25, 0.3) is 0 Å². The molecule has 9 atom stereocenters. The molecular weight excluding hydrogens is 1280 g/mol. The van der Waals surface area contributed by atoms with E-state index in [4.69, 9.17) is 10.5 Å². The van der Waals surface area contributed by atoms with Crippen molar-refractivity contribution in [1.29, 1.82) is 0 Å². The third kappa shape index (κ3) is 24.0. The molecule has 0 unspecified atom stereocenters. The summed E-state index contributed by atoms with van der Waals surface area (Å²) in [5.41, 5.74) is 8.00. The van der Waals surface area contributed by atoms with E-state index >= 15 is 14.4 Å². The van der Waals surface area contributed by atoms with Crippen molar-refractivity contribution < 1.29 is 76.1 Å². The van der Waals surface area contributed by atoms with Gasteiger partial charge in [-0.3, -0.25) is 43.2 Å². The van der Waals surface area contributed by atoms with E-state index in [1.54, 1.807) is 74.7 Å². The summed E-state index contributed by atoms with van der Waals surface area (Å²) in [5.74, 6) is -12.9. The fourth-order valence-electron chi connectivity index (χ4n) is 9.49. The number of halogens is 3. The molecule has 1 fully saturated rings. The zero-order valence-corrected chi connectivity index (χ0v) is 54.0. The van der Waals surface area contributed by atoms with Gasteiger partial charge >= 0.3 is 18.2 Å². The topological polar surface area (TPSA) is 356 Å². The number of ether oxygens (including phenoxy) is 1. The van der Waals surface area contributed by atoms with Gasteiger partial charge in [0.15, 0.2) is 5.78 Å². The van der Waals surface area contributed by atoms with Crippen LogP contribution in [-0.2, 0) is 67.2 Å². The van der Waals surface area contributed by atoms with Gasteiger partial charge in [-0.25, -0.2) is 9.78 Å². The molecule has 30 heteroatoms. The number of carbonyl (C=O) groups is 10. The molecule has 1 saturated heterocycles. The van der Waals surface area contributed by atoms with Crippen LogP contribution in [0.15, 0.2) is 114 Å². The lowest BCUT2D eigenvalue weighted by Gasteiger charge is -2.29. The molecule has 1 aliphatic carbocycles. The number of amides is 9. The van der Waals surface area contributed by atoms with Crippen LogP contribution in [-0.4, -0.2) is 158 Å². The minimum Gasteiger partial charge on any atom is -0.508 e. The Kier molecular flexibility index (Phi) is 28.1. The highest BCUT2D eigenvalue weighted by atomic mass is 33.1. The van der Waals surface area contributed by atoms with Gasteiger partial charge in [0.2, 0.25) is 41.4 Å². The number of aromatic nitrogens is 1. The highest BCUT2D eigenvalue weighted by Gasteiger charge is 2.42. The first-order valence-electron chi connectivity index (χ1n) is 29.3. The molecule has 496 valence electrons. The lowest BCUT2D eigenvalue weighted by Crippen LogP contribution is -2.61. The second-order valence-electron chi connectivity index (χ2n) is 22.7. The number of unbranched alkanes of at least 4 members (excludes halogenated alkanes) is 1. The van der Waals surface area contributed by atoms with E-state index in [0.717, 1.165) is 43.5 Å². The standard InChI is InChI=1S/C62H75F3N10O13S4/c1-35(76)51-58(85)73-48(57(84)72-47(52(66)79)33-91-92-50-19-11-13-26-67-50)34-90-89-32-46(71-55(82)44(74-59(86)62(63,64)65)29-36-14-6-5-7-15-36)49(78)31-40(28-37-20-24-41(77)25-21-37)53(80)70-45(30-39-23-22-38-16-8-9-17-42(38)39)56(83)69-43(54(81)75-51)18-10-12-27-68-60(87)88-61(2,3)4/h5-9,11,13-17,19-21,23-26,35,40,43-48,51,76-77H,10,12,18,22,27-34H2,1-4H3,(H2,66,79)(H,68,87)(H,69,83)(H,70,80)(H,71,82)(H,72,84)(H,73,85)(H,74,86)(H,75,81)/t35-,40-,43+,44-,45-,46+,47+,48+,51+/m1/s1. The third-order valence-corrected chi connectivity index (χ3v) is 18.9. The van der Waals surface area contributed by atoms with E-state index in [-0.39, 0.29) is 50.2 Å². The van der Waals surface area contributed by atoms with Crippen molar-refractivity contribution >= 4 is 108 Å². The number of aliphatic hydroxyl groups excluding tert-OH is 1. The first kappa shape index (κ1) is 73.3. The highest BCUT2D eigenvalue weighted by molar-refractivity contribution is 8.77. The molecule has 23 nitrogen and oxygen atoms in total. The first-order valence-corrected chi connectivity index (χ1v) is 34.2. The first-order chi connectivity index (χ1) is 43.6. The molecule has 0 spiro atoms. The van der Waals surface area contributed by atoms with Crippen LogP contribution in [0.1, 0.15) is 82.1 Å². The van der Waals surface area contributed by atoms with Crippen LogP contribution >= 0.6 is 43.2 Å². The van der Waals surface area contributed by atoms with Crippen molar-refractivity contribution in [1.82, 2.24) is 47.5 Å². The Bertz CT molecular complexity index is 3260. The summed E-state index contributed by atoms with van der Waals surface area (Å²) in [6.45, 7) is 6.29. The number of Topliss-reactive ketones (excluding diaryl/α,β-unsaturated/α-hetero) is 1. The van der Waals surface area contributed by atoms with E-state index in [9.17, 15) is 56.9 Å². The minimum atomic E-state index is -5.44. The largest absolute Gasteiger partial charge is 0.508 e. The predicted octanol–water partition coefficient (Wildman–Crippen LogP) is 4.53. The number of hydrogen-bond donors (Lipinski definition) is 11. The van der Waals surface area contributed by atoms with E-state index in [0.29, 0.717) is 28.1 Å². The number of alkyl carbamates (subject to hydrolysis) is 1. The summed E-state index contributed by atoms with van der Waals surface area (Å²) >= 11 is 0. The lowest BCUT2D eigenvalue weighted by molar-refractivity contribution is -0.174. The SMILES string of the molecule is C[C@@H](O)[C@@H]1NC(=O)[C@H](CCCCNC(=O)OC(C)(C)C)NC(=O)[C@@H](CC2=CCc3ccccc32)NC(=O)[C@H](Cc2ccc(O)cc2)CC(=O)[C@@H](NC(=O)[C@@H](Cc2ccccc2)NC(=O)C(F)(F)F)CSSC[C@@H](C(=O)N[C@@H](CSSc2ccccn2)C(N)=O)NC1=O. The van der Waals surface area contributed by atoms with Crippen LogP contribution < -0.4 is 48.3 Å². The van der Waals surface area contributed by atoms with Crippen molar-refractivity contribution in [2.75, 3.05) is 23.8 Å². The van der Waals surface area contributed by atoms with Gasteiger partial charge in [-0.05, 0) is 123 Å². The maximum atomic E-state index is 15.1. The zero-order chi connectivity index (χ0) is 67.1. The number of ketones is 1. The van der Waals surface area contributed by atoms with Crippen LogP contribution in [0.5, 0.6) is 5.75 Å². The van der Waals surface area contributed by atoms with Crippen molar-refractivity contribution in [3.63, 3.8) is 0 Å². The van der Waals surface area contributed by atoms with Crippen LogP contribution in [0.3, 0.4) is 0 Å². The summed E-state index contributed by atoms with van der Waals surface area (Å²) in [7, 11) is 3.97. The minimum absolute atomic E-state index is 0.0643. The second kappa shape index (κ2) is 35.3. The van der Waals surface area contributed by atoms with Gasteiger partial charge in [-0.1, -0.05) is 111 Å². The average Bonchev–Trinajstić information content (AvgIpc) is 1.60. The van der Waals surface area contributed by atoms with Crippen LogP contribution in [0, 0.1) is 5.92 Å². The molecule has 1 aromatic heterocycles. The Labute approximate surface area is 545 Å². The number of phenols is 1.